The van der Waals surface area contributed by atoms with Crippen LogP contribution in [0.3, 0.4) is 0 Å². The molecule has 116 valence electrons. The lowest BCUT2D eigenvalue weighted by Crippen LogP contribution is -2.43. The number of rotatable bonds is 1. The number of hydrogen-bond donors (Lipinski definition) is 1. The van der Waals surface area contributed by atoms with Gasteiger partial charge in [-0.15, -0.1) is 12.4 Å². The van der Waals surface area contributed by atoms with Crippen LogP contribution in [0.15, 0.2) is 30.6 Å². The van der Waals surface area contributed by atoms with E-state index in [2.05, 4.69) is 15.3 Å². The monoisotopic (exact) mass is 318 g/mol. The standard InChI is InChI=1S/C16H18N4O.ClH/c21-16(20-6-3-12-8-17-9-13(12)10-20)11-1-2-14-15(7-11)19-5-4-18-14;/h1-2,4-5,7,12-13,17H,3,6,8-10H2;1H. The zero-order chi connectivity index (χ0) is 14.2. The van der Waals surface area contributed by atoms with Gasteiger partial charge in [-0.05, 0) is 49.5 Å². The second kappa shape index (κ2) is 6.18. The molecule has 0 saturated carbocycles. The first kappa shape index (κ1) is 15.2. The van der Waals surface area contributed by atoms with Crippen LogP contribution in [0.1, 0.15) is 16.8 Å². The van der Waals surface area contributed by atoms with Crippen LogP contribution in [-0.4, -0.2) is 47.0 Å². The number of hydrogen-bond acceptors (Lipinski definition) is 4. The summed E-state index contributed by atoms with van der Waals surface area (Å²) in [7, 11) is 0. The van der Waals surface area contributed by atoms with E-state index in [9.17, 15) is 4.79 Å². The van der Waals surface area contributed by atoms with Crippen molar-refractivity contribution >= 4 is 29.3 Å². The SMILES string of the molecule is Cl.O=C(c1ccc2nccnc2c1)N1CCC2CNCC2C1. The fourth-order valence-electron chi connectivity index (χ4n) is 3.50. The van der Waals surface area contributed by atoms with Gasteiger partial charge >= 0.3 is 0 Å². The molecule has 2 atom stereocenters. The predicted molar refractivity (Wildman–Crippen MR) is 87.2 cm³/mol. The molecule has 1 amide bonds. The fraction of sp³-hybridized carbons (Fsp3) is 0.438. The molecule has 0 radical (unpaired) electrons. The van der Waals surface area contributed by atoms with Gasteiger partial charge < -0.3 is 10.2 Å². The third-order valence-corrected chi connectivity index (χ3v) is 4.71. The molecule has 0 spiro atoms. The number of halogens is 1. The summed E-state index contributed by atoms with van der Waals surface area (Å²) in [5, 5.41) is 3.43. The zero-order valence-electron chi connectivity index (χ0n) is 12.2. The smallest absolute Gasteiger partial charge is 0.253 e. The van der Waals surface area contributed by atoms with Crippen molar-refractivity contribution in [3.8, 4) is 0 Å². The highest BCUT2D eigenvalue weighted by molar-refractivity contribution is 5.97. The van der Waals surface area contributed by atoms with Crippen molar-refractivity contribution < 1.29 is 4.79 Å². The van der Waals surface area contributed by atoms with Gasteiger partial charge in [0.15, 0.2) is 0 Å². The van der Waals surface area contributed by atoms with E-state index < -0.39 is 0 Å². The molecule has 0 bridgehead atoms. The van der Waals surface area contributed by atoms with Gasteiger partial charge in [0.25, 0.3) is 5.91 Å². The van der Waals surface area contributed by atoms with Gasteiger partial charge in [0.1, 0.15) is 0 Å². The minimum Gasteiger partial charge on any atom is -0.338 e. The van der Waals surface area contributed by atoms with Crippen LogP contribution in [0, 0.1) is 11.8 Å². The molecule has 1 aromatic carbocycles. The lowest BCUT2D eigenvalue weighted by atomic mass is 9.88. The van der Waals surface area contributed by atoms with Crippen LogP contribution < -0.4 is 5.32 Å². The van der Waals surface area contributed by atoms with Crippen LogP contribution in [0.2, 0.25) is 0 Å². The zero-order valence-corrected chi connectivity index (χ0v) is 13.1. The van der Waals surface area contributed by atoms with Crippen LogP contribution in [0.5, 0.6) is 0 Å². The number of carbonyl (C=O) groups is 1. The second-order valence-corrected chi connectivity index (χ2v) is 5.98. The van der Waals surface area contributed by atoms with Gasteiger partial charge in [-0.2, -0.15) is 0 Å². The summed E-state index contributed by atoms with van der Waals surface area (Å²) >= 11 is 0. The van der Waals surface area contributed by atoms with E-state index in [1.54, 1.807) is 12.4 Å². The first-order valence-electron chi connectivity index (χ1n) is 7.52. The van der Waals surface area contributed by atoms with Crippen LogP contribution in [-0.2, 0) is 0 Å². The molecule has 5 nitrogen and oxygen atoms in total. The van der Waals surface area contributed by atoms with Gasteiger partial charge in [0.2, 0.25) is 0 Å². The summed E-state index contributed by atoms with van der Waals surface area (Å²) in [4.78, 5) is 23.2. The normalized spacial score (nSPS) is 23.9. The number of fused-ring (bicyclic) bond motifs is 2. The van der Waals surface area contributed by atoms with E-state index in [0.29, 0.717) is 11.5 Å². The average molecular weight is 319 g/mol. The van der Waals surface area contributed by atoms with Gasteiger partial charge in [-0.25, -0.2) is 0 Å². The maximum atomic E-state index is 12.7. The number of likely N-dealkylation sites (tertiary alicyclic amines) is 1. The molecule has 2 fully saturated rings. The summed E-state index contributed by atoms with van der Waals surface area (Å²) in [5.41, 5.74) is 2.32. The Kier molecular flexibility index (Phi) is 4.27. The summed E-state index contributed by atoms with van der Waals surface area (Å²) in [6, 6.07) is 5.58. The van der Waals surface area contributed by atoms with Gasteiger partial charge in [-0.1, -0.05) is 0 Å². The van der Waals surface area contributed by atoms with Gasteiger partial charge in [0, 0.05) is 31.0 Å². The summed E-state index contributed by atoms with van der Waals surface area (Å²) in [5.74, 6) is 1.48. The van der Waals surface area contributed by atoms with E-state index in [4.69, 9.17) is 0 Å². The number of carbonyl (C=O) groups excluding carboxylic acids is 1. The Bertz CT molecular complexity index is 693. The van der Waals surface area contributed by atoms with E-state index in [1.807, 2.05) is 23.1 Å². The molecule has 2 unspecified atom stereocenters. The summed E-state index contributed by atoms with van der Waals surface area (Å²) < 4.78 is 0. The lowest BCUT2D eigenvalue weighted by Gasteiger charge is -2.34. The molecule has 2 saturated heterocycles. The maximum Gasteiger partial charge on any atom is 0.253 e. The van der Waals surface area contributed by atoms with Crippen molar-refractivity contribution in [3.63, 3.8) is 0 Å². The first-order chi connectivity index (χ1) is 10.3. The Morgan fingerprint density at radius 3 is 2.77 bits per heavy atom. The third-order valence-electron chi connectivity index (χ3n) is 4.71. The molecule has 4 rings (SSSR count). The van der Waals surface area contributed by atoms with Crippen molar-refractivity contribution in [2.45, 2.75) is 6.42 Å². The third kappa shape index (κ3) is 2.66. The van der Waals surface area contributed by atoms with Crippen LogP contribution in [0.4, 0.5) is 0 Å². The molecule has 2 aliphatic rings. The van der Waals surface area contributed by atoms with Gasteiger partial charge in [-0.3, -0.25) is 14.8 Å². The number of aromatic nitrogens is 2. The van der Waals surface area contributed by atoms with Crippen molar-refractivity contribution in [3.05, 3.63) is 36.2 Å². The van der Waals surface area contributed by atoms with E-state index in [-0.39, 0.29) is 18.3 Å². The molecule has 22 heavy (non-hydrogen) atoms. The van der Waals surface area contributed by atoms with Gasteiger partial charge in [0.05, 0.1) is 11.0 Å². The minimum absolute atomic E-state index is 0. The van der Waals surface area contributed by atoms with Crippen molar-refractivity contribution in [2.75, 3.05) is 26.2 Å². The quantitative estimate of drug-likeness (QED) is 0.870. The number of nitrogens with zero attached hydrogens (tertiary/aromatic N) is 3. The molecule has 3 heterocycles. The highest BCUT2D eigenvalue weighted by atomic mass is 35.5. The molecule has 2 aromatic rings. The molecule has 6 heteroatoms. The number of amides is 1. The Balaban J connectivity index is 0.00000144. The Morgan fingerprint density at radius 2 is 1.91 bits per heavy atom. The molecular formula is C16H19ClN4O. The summed E-state index contributed by atoms with van der Waals surface area (Å²) in [6.45, 7) is 3.88. The average Bonchev–Trinajstić information content (AvgIpc) is 3.01. The second-order valence-electron chi connectivity index (χ2n) is 5.98. The molecule has 0 aliphatic carbocycles. The van der Waals surface area contributed by atoms with Crippen LogP contribution in [0.25, 0.3) is 11.0 Å². The molecular weight excluding hydrogens is 300 g/mol. The Hall–Kier alpha value is -1.72. The van der Waals surface area contributed by atoms with E-state index in [0.717, 1.165) is 49.6 Å². The Labute approximate surface area is 135 Å². The highest BCUT2D eigenvalue weighted by Gasteiger charge is 2.34. The fourth-order valence-corrected chi connectivity index (χ4v) is 3.50. The predicted octanol–water partition coefficient (Wildman–Crippen LogP) is 1.73. The first-order valence-corrected chi connectivity index (χ1v) is 7.52. The molecule has 1 aromatic heterocycles. The lowest BCUT2D eigenvalue weighted by molar-refractivity contribution is 0.0642. The minimum atomic E-state index is 0. The Morgan fingerprint density at radius 1 is 1.14 bits per heavy atom. The van der Waals surface area contributed by atoms with Crippen molar-refractivity contribution in [1.82, 2.24) is 20.2 Å². The van der Waals surface area contributed by atoms with Crippen molar-refractivity contribution in [1.29, 1.82) is 0 Å². The highest BCUT2D eigenvalue weighted by Crippen LogP contribution is 2.27. The maximum absolute atomic E-state index is 12.7. The van der Waals surface area contributed by atoms with Crippen LogP contribution >= 0.6 is 12.4 Å². The van der Waals surface area contributed by atoms with E-state index in [1.165, 1.54) is 0 Å². The number of benzene rings is 1. The largest absolute Gasteiger partial charge is 0.338 e. The molecule has 2 aliphatic heterocycles. The molecule has 1 N–H and O–H groups in total. The number of nitrogens with one attached hydrogen (secondary N) is 1. The van der Waals surface area contributed by atoms with Crippen molar-refractivity contribution in [2.24, 2.45) is 11.8 Å². The van der Waals surface area contributed by atoms with E-state index >= 15 is 0 Å². The topological polar surface area (TPSA) is 58.1 Å². The summed E-state index contributed by atoms with van der Waals surface area (Å²) in [6.07, 6.45) is 4.44. The number of piperidine rings is 1.